The third-order valence-corrected chi connectivity index (χ3v) is 5.18. The molecule has 7 heteroatoms. The van der Waals surface area contributed by atoms with Gasteiger partial charge in [0.1, 0.15) is 11.9 Å². The van der Waals surface area contributed by atoms with Gasteiger partial charge in [0, 0.05) is 6.42 Å². The minimum atomic E-state index is -1.00. The molecule has 0 aliphatic carbocycles. The number of hydrogen-bond donors (Lipinski definition) is 1. The molecular formula is C19H24N4O3. The number of hydrogen-bond acceptors (Lipinski definition) is 4. The van der Waals surface area contributed by atoms with Crippen LogP contribution in [0, 0.1) is 6.92 Å². The van der Waals surface area contributed by atoms with Gasteiger partial charge in [-0.15, -0.1) is 10.2 Å². The Balaban J connectivity index is 1.73. The van der Waals surface area contributed by atoms with E-state index in [9.17, 15) is 14.7 Å². The summed E-state index contributed by atoms with van der Waals surface area (Å²) in [5.41, 5.74) is 0.999. The zero-order valence-electron chi connectivity index (χ0n) is 15.3. The first kappa shape index (κ1) is 18.1. The number of amides is 1. The van der Waals surface area contributed by atoms with E-state index in [1.807, 2.05) is 18.2 Å². The Morgan fingerprint density at radius 1 is 1.23 bits per heavy atom. The van der Waals surface area contributed by atoms with Crippen molar-refractivity contribution in [2.75, 3.05) is 0 Å². The number of nitrogens with zero attached hydrogens (tertiary/aromatic N) is 4. The second-order valence-corrected chi connectivity index (χ2v) is 7.40. The van der Waals surface area contributed by atoms with E-state index in [0.717, 1.165) is 5.56 Å². The van der Waals surface area contributed by atoms with E-state index in [4.69, 9.17) is 0 Å². The van der Waals surface area contributed by atoms with Gasteiger partial charge in [0.2, 0.25) is 5.91 Å². The van der Waals surface area contributed by atoms with E-state index in [0.29, 0.717) is 24.5 Å². The average molecular weight is 356 g/mol. The Kier molecular flexibility index (Phi) is 4.80. The zero-order valence-corrected chi connectivity index (χ0v) is 15.3. The van der Waals surface area contributed by atoms with Crippen LogP contribution in [0.1, 0.15) is 43.9 Å². The lowest BCUT2D eigenvalue weighted by atomic mass is 9.80. The van der Waals surface area contributed by atoms with Gasteiger partial charge in [0.25, 0.3) is 0 Å². The summed E-state index contributed by atoms with van der Waals surface area (Å²) in [6.45, 7) is 6.36. The van der Waals surface area contributed by atoms with Crippen molar-refractivity contribution in [2.45, 2.75) is 58.2 Å². The average Bonchev–Trinajstić information content (AvgIpc) is 2.99. The van der Waals surface area contributed by atoms with Gasteiger partial charge in [0.05, 0.1) is 13.1 Å². The smallest absolute Gasteiger partial charge is 0.328 e. The quantitative estimate of drug-likeness (QED) is 0.887. The number of benzene rings is 1. The van der Waals surface area contributed by atoms with E-state index in [1.165, 1.54) is 4.90 Å². The molecule has 0 radical (unpaired) electrons. The lowest BCUT2D eigenvalue weighted by Gasteiger charge is -2.34. The van der Waals surface area contributed by atoms with E-state index in [1.54, 1.807) is 11.5 Å². The highest BCUT2D eigenvalue weighted by Gasteiger charge is 2.36. The van der Waals surface area contributed by atoms with Crippen LogP contribution in [0.4, 0.5) is 0 Å². The molecule has 0 spiro atoms. The first-order valence-corrected chi connectivity index (χ1v) is 8.76. The van der Waals surface area contributed by atoms with E-state index in [2.05, 4.69) is 36.2 Å². The van der Waals surface area contributed by atoms with Crippen molar-refractivity contribution in [1.82, 2.24) is 19.7 Å². The third-order valence-electron chi connectivity index (χ3n) is 5.18. The standard InChI is InChI=1S/C19H24N4O3/c1-13-20-21-16-12-23(15(18(25)26)11-22(13)16)17(24)9-10-19(2,3)14-7-5-4-6-8-14/h4-8,15H,9-12H2,1-3H3,(H,25,26). The Bertz CT molecular complexity index is 813. The van der Waals surface area contributed by atoms with Gasteiger partial charge in [-0.05, 0) is 24.3 Å². The number of fused-ring (bicyclic) bond motifs is 1. The van der Waals surface area contributed by atoms with Gasteiger partial charge < -0.3 is 14.6 Å². The molecule has 1 N–H and O–H groups in total. The minimum absolute atomic E-state index is 0.159. The SMILES string of the molecule is Cc1nnc2n1CC(C(=O)O)N(C(=O)CCC(C)(C)c1ccccc1)C2. The van der Waals surface area contributed by atoms with Gasteiger partial charge in [-0.1, -0.05) is 44.2 Å². The molecule has 1 aliphatic rings. The third kappa shape index (κ3) is 3.47. The number of aliphatic carboxylic acids is 1. The fourth-order valence-electron chi connectivity index (χ4n) is 3.38. The number of aryl methyl sites for hydroxylation is 1. The van der Waals surface area contributed by atoms with E-state index in [-0.39, 0.29) is 24.4 Å². The van der Waals surface area contributed by atoms with Gasteiger partial charge in [-0.2, -0.15) is 0 Å². The zero-order chi connectivity index (χ0) is 18.9. The molecule has 0 saturated carbocycles. The van der Waals surface area contributed by atoms with Crippen LogP contribution in [0.25, 0.3) is 0 Å². The van der Waals surface area contributed by atoms with Crippen molar-refractivity contribution < 1.29 is 14.7 Å². The molecule has 1 aliphatic heterocycles. The summed E-state index contributed by atoms with van der Waals surface area (Å²) in [4.78, 5) is 25.9. The molecule has 1 unspecified atom stereocenters. The van der Waals surface area contributed by atoms with Crippen molar-refractivity contribution in [3.05, 3.63) is 47.5 Å². The maximum Gasteiger partial charge on any atom is 0.328 e. The molecule has 7 nitrogen and oxygen atoms in total. The van der Waals surface area contributed by atoms with Crippen LogP contribution in [-0.2, 0) is 28.1 Å². The second-order valence-electron chi connectivity index (χ2n) is 7.40. The number of carboxylic acid groups (broad SMARTS) is 1. The number of carbonyl (C=O) groups is 2. The van der Waals surface area contributed by atoms with Crippen LogP contribution >= 0.6 is 0 Å². The molecule has 1 amide bonds. The second kappa shape index (κ2) is 6.90. The summed E-state index contributed by atoms with van der Waals surface area (Å²) in [5, 5.41) is 17.6. The Morgan fingerprint density at radius 3 is 2.58 bits per heavy atom. The summed E-state index contributed by atoms with van der Waals surface area (Å²) < 4.78 is 1.77. The summed E-state index contributed by atoms with van der Waals surface area (Å²) >= 11 is 0. The lowest BCUT2D eigenvalue weighted by Crippen LogP contribution is -2.50. The van der Waals surface area contributed by atoms with Crippen LogP contribution in [0.2, 0.25) is 0 Å². The Labute approximate surface area is 152 Å². The van der Waals surface area contributed by atoms with Crippen molar-refractivity contribution in [1.29, 1.82) is 0 Å². The van der Waals surface area contributed by atoms with Crippen molar-refractivity contribution in [3.8, 4) is 0 Å². The molecule has 1 atom stereocenters. The largest absolute Gasteiger partial charge is 0.480 e. The summed E-state index contributed by atoms with van der Waals surface area (Å²) in [6.07, 6.45) is 0.934. The molecule has 0 saturated heterocycles. The summed E-state index contributed by atoms with van der Waals surface area (Å²) in [5.74, 6) is 0.145. The van der Waals surface area contributed by atoms with Gasteiger partial charge in [0.15, 0.2) is 5.82 Å². The molecule has 26 heavy (non-hydrogen) atoms. The molecule has 1 aromatic carbocycles. The van der Waals surface area contributed by atoms with Crippen LogP contribution < -0.4 is 0 Å². The first-order chi connectivity index (χ1) is 12.3. The monoisotopic (exact) mass is 356 g/mol. The molecule has 138 valence electrons. The summed E-state index contributed by atoms with van der Waals surface area (Å²) in [6, 6.07) is 9.16. The van der Waals surface area contributed by atoms with E-state index < -0.39 is 12.0 Å². The van der Waals surface area contributed by atoms with Crippen LogP contribution in [0.3, 0.4) is 0 Å². The topological polar surface area (TPSA) is 88.3 Å². The molecule has 2 heterocycles. The van der Waals surface area contributed by atoms with Crippen LogP contribution in [0.5, 0.6) is 0 Å². The van der Waals surface area contributed by atoms with Crippen molar-refractivity contribution in [2.24, 2.45) is 0 Å². The maximum absolute atomic E-state index is 12.8. The maximum atomic E-state index is 12.8. The lowest BCUT2D eigenvalue weighted by molar-refractivity contribution is -0.153. The van der Waals surface area contributed by atoms with Gasteiger partial charge >= 0.3 is 5.97 Å². The number of rotatable bonds is 5. The summed E-state index contributed by atoms with van der Waals surface area (Å²) in [7, 11) is 0. The highest BCUT2D eigenvalue weighted by atomic mass is 16.4. The van der Waals surface area contributed by atoms with Crippen molar-refractivity contribution >= 4 is 11.9 Å². The van der Waals surface area contributed by atoms with Gasteiger partial charge in [-0.25, -0.2) is 4.79 Å². The molecule has 0 fully saturated rings. The highest BCUT2D eigenvalue weighted by Crippen LogP contribution is 2.29. The normalized spacial score (nSPS) is 17.0. The number of carboxylic acids is 1. The molecule has 1 aromatic heterocycles. The van der Waals surface area contributed by atoms with E-state index >= 15 is 0 Å². The Hall–Kier alpha value is -2.70. The fourth-order valence-corrected chi connectivity index (χ4v) is 3.38. The molecule has 0 bridgehead atoms. The predicted octanol–water partition coefficient (Wildman–Crippen LogP) is 2.14. The number of aromatic nitrogens is 3. The fraction of sp³-hybridized carbons (Fsp3) is 0.474. The molecule has 3 rings (SSSR count). The van der Waals surface area contributed by atoms with Gasteiger partial charge in [-0.3, -0.25) is 4.79 Å². The number of carbonyl (C=O) groups excluding carboxylic acids is 1. The van der Waals surface area contributed by atoms with Crippen LogP contribution in [0.15, 0.2) is 30.3 Å². The Morgan fingerprint density at radius 2 is 1.92 bits per heavy atom. The minimum Gasteiger partial charge on any atom is -0.480 e. The first-order valence-electron chi connectivity index (χ1n) is 8.76. The molecule has 2 aromatic rings. The molecular weight excluding hydrogens is 332 g/mol. The van der Waals surface area contributed by atoms with Crippen molar-refractivity contribution in [3.63, 3.8) is 0 Å². The van der Waals surface area contributed by atoms with Crippen LogP contribution in [-0.4, -0.2) is 42.7 Å². The predicted molar refractivity (Wildman–Crippen MR) is 95.4 cm³/mol. The highest BCUT2D eigenvalue weighted by molar-refractivity contribution is 5.84.